The zero-order valence-corrected chi connectivity index (χ0v) is 9.56. The van der Waals surface area contributed by atoms with Gasteiger partial charge in [-0.05, 0) is 30.5 Å². The fourth-order valence-electron chi connectivity index (χ4n) is 2.51. The van der Waals surface area contributed by atoms with E-state index in [1.165, 1.54) is 12.1 Å². The van der Waals surface area contributed by atoms with Gasteiger partial charge < -0.3 is 5.73 Å². The van der Waals surface area contributed by atoms with Crippen molar-refractivity contribution in [1.29, 1.82) is 0 Å². The zero-order valence-electron chi connectivity index (χ0n) is 9.56. The Morgan fingerprint density at radius 2 is 1.53 bits per heavy atom. The van der Waals surface area contributed by atoms with Crippen LogP contribution in [-0.4, -0.2) is 12.5 Å². The molecule has 4 heteroatoms. The molecule has 94 valence electrons. The normalized spacial score (nSPS) is 22.4. The molecule has 1 aromatic rings. The molecule has 2 N–H and O–H groups in total. The Morgan fingerprint density at radius 3 is 2.00 bits per heavy atom. The third-order valence-corrected chi connectivity index (χ3v) is 3.79. The van der Waals surface area contributed by atoms with E-state index in [9.17, 15) is 13.2 Å². The lowest BCUT2D eigenvalue weighted by Crippen LogP contribution is -2.42. The molecule has 0 bridgehead atoms. The summed E-state index contributed by atoms with van der Waals surface area (Å²) in [5.74, 6) is -2.89. The number of nitrogens with two attached hydrogens (primary N) is 1. The molecule has 17 heavy (non-hydrogen) atoms. The van der Waals surface area contributed by atoms with Crippen LogP contribution in [0.5, 0.6) is 0 Å². The van der Waals surface area contributed by atoms with Gasteiger partial charge in [0.15, 0.2) is 0 Å². The third-order valence-electron chi connectivity index (χ3n) is 3.79. The molecule has 0 amide bonds. The van der Waals surface area contributed by atoms with E-state index in [1.807, 2.05) is 0 Å². The van der Waals surface area contributed by atoms with Crippen molar-refractivity contribution >= 4 is 0 Å². The maximum absolute atomic E-state index is 13.2. The molecule has 1 aliphatic rings. The Balaban J connectivity index is 2.24. The van der Waals surface area contributed by atoms with E-state index >= 15 is 0 Å². The number of alkyl halides is 2. The fourth-order valence-corrected chi connectivity index (χ4v) is 2.51. The first-order valence-electron chi connectivity index (χ1n) is 5.81. The van der Waals surface area contributed by atoms with E-state index in [4.69, 9.17) is 5.73 Å². The van der Waals surface area contributed by atoms with E-state index < -0.39 is 11.3 Å². The lowest BCUT2D eigenvalue weighted by atomic mass is 9.68. The maximum atomic E-state index is 13.2. The van der Waals surface area contributed by atoms with Gasteiger partial charge in [-0.3, -0.25) is 0 Å². The van der Waals surface area contributed by atoms with Gasteiger partial charge in [-0.15, -0.1) is 0 Å². The molecule has 0 unspecified atom stereocenters. The van der Waals surface area contributed by atoms with Crippen LogP contribution in [0, 0.1) is 5.82 Å². The minimum Gasteiger partial charge on any atom is -0.330 e. The largest absolute Gasteiger partial charge is 0.330 e. The van der Waals surface area contributed by atoms with Gasteiger partial charge in [0.05, 0.1) is 0 Å². The minimum absolute atomic E-state index is 0.137. The Kier molecular flexibility index (Phi) is 3.17. The minimum atomic E-state index is -2.57. The number of hydrogen-bond acceptors (Lipinski definition) is 1. The van der Waals surface area contributed by atoms with Crippen LogP contribution in [0.15, 0.2) is 24.3 Å². The van der Waals surface area contributed by atoms with E-state index in [0.29, 0.717) is 19.4 Å². The van der Waals surface area contributed by atoms with Crippen molar-refractivity contribution in [3.05, 3.63) is 35.6 Å². The van der Waals surface area contributed by atoms with Gasteiger partial charge in [0.25, 0.3) is 0 Å². The molecule has 1 aromatic carbocycles. The van der Waals surface area contributed by atoms with Crippen LogP contribution in [0.25, 0.3) is 0 Å². The average molecular weight is 243 g/mol. The van der Waals surface area contributed by atoms with Crippen molar-refractivity contribution in [1.82, 2.24) is 0 Å². The van der Waals surface area contributed by atoms with E-state index in [2.05, 4.69) is 0 Å². The Morgan fingerprint density at radius 1 is 1.00 bits per heavy atom. The maximum Gasteiger partial charge on any atom is 0.248 e. The first-order chi connectivity index (χ1) is 7.97. The highest BCUT2D eigenvalue weighted by molar-refractivity contribution is 5.27. The molecule has 1 saturated carbocycles. The van der Waals surface area contributed by atoms with Crippen molar-refractivity contribution in [2.24, 2.45) is 5.73 Å². The monoisotopic (exact) mass is 243 g/mol. The van der Waals surface area contributed by atoms with Gasteiger partial charge >= 0.3 is 0 Å². The number of halogens is 3. The first kappa shape index (κ1) is 12.4. The van der Waals surface area contributed by atoms with E-state index in [1.54, 1.807) is 12.1 Å². The second-order valence-corrected chi connectivity index (χ2v) is 4.85. The predicted octanol–water partition coefficient (Wildman–Crippen LogP) is 3.23. The van der Waals surface area contributed by atoms with Crippen molar-refractivity contribution in [3.8, 4) is 0 Å². The van der Waals surface area contributed by atoms with Crippen molar-refractivity contribution in [3.63, 3.8) is 0 Å². The van der Waals surface area contributed by atoms with Crippen LogP contribution >= 0.6 is 0 Å². The summed E-state index contributed by atoms with van der Waals surface area (Å²) in [7, 11) is 0. The third kappa shape index (κ3) is 2.46. The highest BCUT2D eigenvalue weighted by Gasteiger charge is 2.43. The molecule has 1 fully saturated rings. The molecule has 1 nitrogen and oxygen atoms in total. The van der Waals surface area contributed by atoms with Gasteiger partial charge in [-0.25, -0.2) is 13.2 Å². The standard InChI is InChI=1S/C13H16F3N/c14-11-3-1-10(2-4-11)12(9-17)5-7-13(15,16)8-6-12/h1-4H,5-9,17H2. The summed E-state index contributed by atoms with van der Waals surface area (Å²) in [6.07, 6.45) is 0.452. The summed E-state index contributed by atoms with van der Waals surface area (Å²) in [4.78, 5) is 0. The Labute approximate surface area is 98.8 Å². The second-order valence-electron chi connectivity index (χ2n) is 4.85. The van der Waals surface area contributed by atoms with Gasteiger partial charge in [0.2, 0.25) is 5.92 Å². The van der Waals surface area contributed by atoms with Crippen LogP contribution in [0.4, 0.5) is 13.2 Å². The molecule has 1 aliphatic carbocycles. The molecule has 0 atom stereocenters. The second kappa shape index (κ2) is 4.33. The van der Waals surface area contributed by atoms with E-state index in [-0.39, 0.29) is 18.7 Å². The molecule has 0 radical (unpaired) electrons. The summed E-state index contributed by atoms with van der Waals surface area (Å²) >= 11 is 0. The lowest BCUT2D eigenvalue weighted by Gasteiger charge is -2.39. The van der Waals surface area contributed by atoms with Crippen LogP contribution in [0.2, 0.25) is 0 Å². The van der Waals surface area contributed by atoms with Gasteiger partial charge in [-0.1, -0.05) is 12.1 Å². The highest BCUT2D eigenvalue weighted by Crippen LogP contribution is 2.44. The van der Waals surface area contributed by atoms with Gasteiger partial charge in [-0.2, -0.15) is 0 Å². The molecule has 0 aliphatic heterocycles. The van der Waals surface area contributed by atoms with Gasteiger partial charge in [0, 0.05) is 24.8 Å². The summed E-state index contributed by atoms with van der Waals surface area (Å²) in [6.45, 7) is 0.328. The summed E-state index contributed by atoms with van der Waals surface area (Å²) in [5, 5.41) is 0. The summed E-state index contributed by atoms with van der Waals surface area (Å²) < 4.78 is 39.2. The molecular weight excluding hydrogens is 227 g/mol. The Hall–Kier alpha value is -1.03. The SMILES string of the molecule is NCC1(c2ccc(F)cc2)CCC(F)(F)CC1. The van der Waals surface area contributed by atoms with Gasteiger partial charge in [0.1, 0.15) is 5.82 Å². The Bertz CT molecular complexity index is 376. The van der Waals surface area contributed by atoms with Crippen molar-refractivity contribution in [2.75, 3.05) is 6.54 Å². The number of benzene rings is 1. The van der Waals surface area contributed by atoms with Crippen molar-refractivity contribution < 1.29 is 13.2 Å². The lowest BCUT2D eigenvalue weighted by molar-refractivity contribution is -0.0509. The molecule has 2 rings (SSSR count). The number of hydrogen-bond donors (Lipinski definition) is 1. The van der Waals surface area contributed by atoms with Crippen LogP contribution in [0.1, 0.15) is 31.2 Å². The molecule has 0 spiro atoms. The average Bonchev–Trinajstić information content (AvgIpc) is 2.31. The fraction of sp³-hybridized carbons (Fsp3) is 0.538. The molecule has 0 heterocycles. The molecule has 0 saturated heterocycles. The van der Waals surface area contributed by atoms with Crippen LogP contribution in [-0.2, 0) is 5.41 Å². The van der Waals surface area contributed by atoms with E-state index in [0.717, 1.165) is 5.56 Å². The summed E-state index contributed by atoms with van der Waals surface area (Å²) in [5.41, 5.74) is 6.22. The quantitative estimate of drug-likeness (QED) is 0.847. The zero-order chi connectivity index (χ0) is 12.5. The predicted molar refractivity (Wildman–Crippen MR) is 60.5 cm³/mol. The highest BCUT2D eigenvalue weighted by atomic mass is 19.3. The first-order valence-corrected chi connectivity index (χ1v) is 5.81. The molecular formula is C13H16F3N. The molecule has 0 aromatic heterocycles. The topological polar surface area (TPSA) is 26.0 Å². The smallest absolute Gasteiger partial charge is 0.248 e. The number of rotatable bonds is 2. The summed E-state index contributed by atoms with van der Waals surface area (Å²) in [6, 6.07) is 6.04. The van der Waals surface area contributed by atoms with Crippen LogP contribution < -0.4 is 5.73 Å². The van der Waals surface area contributed by atoms with Crippen LogP contribution in [0.3, 0.4) is 0 Å². The van der Waals surface area contributed by atoms with Crippen molar-refractivity contribution in [2.45, 2.75) is 37.0 Å².